The lowest BCUT2D eigenvalue weighted by atomic mass is 9.94. The summed E-state index contributed by atoms with van der Waals surface area (Å²) in [6.45, 7) is 4.05. The van der Waals surface area contributed by atoms with Crippen molar-refractivity contribution < 1.29 is 9.13 Å². The monoisotopic (exact) mass is 400 g/mol. The fourth-order valence-electron chi connectivity index (χ4n) is 2.39. The van der Waals surface area contributed by atoms with E-state index in [1.54, 1.807) is 13.2 Å². The number of nitrogens with two attached hydrogens (primary N) is 1. The van der Waals surface area contributed by atoms with Crippen molar-refractivity contribution in [1.29, 1.82) is 0 Å². The summed E-state index contributed by atoms with van der Waals surface area (Å²) in [7, 11) is 1.65. The highest BCUT2D eigenvalue weighted by molar-refractivity contribution is 14.1. The minimum atomic E-state index is -0.258. The summed E-state index contributed by atoms with van der Waals surface area (Å²) in [4.78, 5) is 0. The number of ether oxygens (including phenoxy) is 1. The van der Waals surface area contributed by atoms with Gasteiger partial charge in [-0.15, -0.1) is 0 Å². The van der Waals surface area contributed by atoms with Crippen molar-refractivity contribution >= 4 is 22.6 Å². The maximum atomic E-state index is 13.3. The van der Waals surface area contributed by atoms with E-state index >= 15 is 0 Å². The summed E-state index contributed by atoms with van der Waals surface area (Å²) in [5.41, 5.74) is 6.89. The minimum absolute atomic E-state index is 0.258. The number of methoxy groups -OCH3 is 1. The van der Waals surface area contributed by atoms with Crippen LogP contribution < -0.4 is 16.0 Å². The number of halogens is 2. The highest BCUT2D eigenvalue weighted by atomic mass is 127. The van der Waals surface area contributed by atoms with Gasteiger partial charge in [0.25, 0.3) is 0 Å². The van der Waals surface area contributed by atoms with Crippen molar-refractivity contribution in [1.82, 2.24) is 5.43 Å². The van der Waals surface area contributed by atoms with Crippen molar-refractivity contribution in [2.24, 2.45) is 5.84 Å². The molecule has 0 aliphatic rings. The minimum Gasteiger partial charge on any atom is -0.496 e. The van der Waals surface area contributed by atoms with Crippen molar-refractivity contribution in [2.75, 3.05) is 7.11 Å². The van der Waals surface area contributed by atoms with Gasteiger partial charge in [0.05, 0.1) is 13.2 Å². The van der Waals surface area contributed by atoms with E-state index in [-0.39, 0.29) is 11.9 Å². The Morgan fingerprint density at radius 3 is 2.43 bits per heavy atom. The Balaban J connectivity index is 2.59. The molecule has 5 heteroatoms. The zero-order valence-electron chi connectivity index (χ0n) is 12.2. The number of nitrogens with one attached hydrogen (secondary N) is 1. The molecule has 21 heavy (non-hydrogen) atoms. The van der Waals surface area contributed by atoms with E-state index in [2.05, 4.69) is 28.0 Å². The molecule has 0 heterocycles. The molecule has 2 rings (SSSR count). The molecule has 0 spiro atoms. The van der Waals surface area contributed by atoms with Crippen LogP contribution in [0.4, 0.5) is 4.39 Å². The highest BCUT2D eigenvalue weighted by Crippen LogP contribution is 2.35. The number of hydrazine groups is 1. The molecule has 2 aromatic carbocycles. The van der Waals surface area contributed by atoms with Crippen LogP contribution in [0.25, 0.3) is 0 Å². The third kappa shape index (κ3) is 3.20. The van der Waals surface area contributed by atoms with Crippen LogP contribution in [0.5, 0.6) is 5.75 Å². The second-order valence-electron chi connectivity index (χ2n) is 4.90. The fraction of sp³-hybridized carbons (Fsp3) is 0.250. The van der Waals surface area contributed by atoms with Crippen LogP contribution in [0, 0.1) is 23.2 Å². The number of rotatable bonds is 4. The van der Waals surface area contributed by atoms with Crippen LogP contribution in [0.1, 0.15) is 28.3 Å². The predicted molar refractivity (Wildman–Crippen MR) is 90.8 cm³/mol. The van der Waals surface area contributed by atoms with Gasteiger partial charge in [-0.3, -0.25) is 5.84 Å². The molecule has 1 unspecified atom stereocenters. The first-order chi connectivity index (χ1) is 9.99. The second kappa shape index (κ2) is 6.72. The number of hydrogen-bond donors (Lipinski definition) is 2. The summed E-state index contributed by atoms with van der Waals surface area (Å²) >= 11 is 2.11. The van der Waals surface area contributed by atoms with Gasteiger partial charge in [0.1, 0.15) is 11.6 Å². The largest absolute Gasteiger partial charge is 0.496 e. The van der Waals surface area contributed by atoms with Crippen LogP contribution in [0.3, 0.4) is 0 Å². The number of benzene rings is 2. The van der Waals surface area contributed by atoms with Crippen LogP contribution >= 0.6 is 22.6 Å². The number of aryl methyl sites for hydroxylation is 1. The van der Waals surface area contributed by atoms with Gasteiger partial charge >= 0.3 is 0 Å². The average molecular weight is 400 g/mol. The normalized spacial score (nSPS) is 12.3. The molecule has 112 valence electrons. The molecular formula is C16H18FIN2O. The fourth-order valence-corrected chi connectivity index (χ4v) is 3.18. The highest BCUT2D eigenvalue weighted by Gasteiger charge is 2.21. The third-order valence-corrected chi connectivity index (χ3v) is 4.60. The first-order valence-corrected chi connectivity index (χ1v) is 7.62. The van der Waals surface area contributed by atoms with E-state index in [1.165, 1.54) is 12.1 Å². The topological polar surface area (TPSA) is 47.3 Å². The Hall–Kier alpha value is -1.18. The Kier molecular flexibility index (Phi) is 5.18. The van der Waals surface area contributed by atoms with E-state index in [1.807, 2.05) is 26.0 Å². The van der Waals surface area contributed by atoms with Gasteiger partial charge in [0.2, 0.25) is 0 Å². The third-order valence-electron chi connectivity index (χ3n) is 3.66. The zero-order chi connectivity index (χ0) is 15.6. The van der Waals surface area contributed by atoms with Gasteiger partial charge in [0, 0.05) is 9.13 Å². The summed E-state index contributed by atoms with van der Waals surface area (Å²) < 4.78 is 19.7. The molecule has 0 saturated heterocycles. The lowest BCUT2D eigenvalue weighted by Gasteiger charge is -2.22. The molecule has 0 aromatic heterocycles. The van der Waals surface area contributed by atoms with Crippen LogP contribution in [-0.4, -0.2) is 7.11 Å². The van der Waals surface area contributed by atoms with E-state index < -0.39 is 0 Å². The Morgan fingerprint density at radius 1 is 1.19 bits per heavy atom. The van der Waals surface area contributed by atoms with E-state index in [9.17, 15) is 4.39 Å². The standard InChI is InChI=1S/C16H18FIN2O/c1-9-4-6-13(16(21-3)10(9)2)15(20-19)12-7-5-11(17)8-14(12)18/h4-8,15,20H,19H2,1-3H3. The molecule has 2 aromatic rings. The summed E-state index contributed by atoms with van der Waals surface area (Å²) in [6.07, 6.45) is 0. The van der Waals surface area contributed by atoms with Gasteiger partial charge in [-0.25, -0.2) is 9.82 Å². The van der Waals surface area contributed by atoms with Crippen molar-refractivity contribution in [2.45, 2.75) is 19.9 Å². The quantitative estimate of drug-likeness (QED) is 0.469. The van der Waals surface area contributed by atoms with Crippen molar-refractivity contribution in [3.63, 3.8) is 0 Å². The average Bonchev–Trinajstić information content (AvgIpc) is 2.45. The molecule has 0 saturated carbocycles. The van der Waals surface area contributed by atoms with Crippen LogP contribution in [0.2, 0.25) is 0 Å². The molecule has 0 aliphatic carbocycles. The van der Waals surface area contributed by atoms with Crippen LogP contribution in [0.15, 0.2) is 30.3 Å². The summed E-state index contributed by atoms with van der Waals surface area (Å²) in [5.74, 6) is 6.30. The maximum Gasteiger partial charge on any atom is 0.127 e. The van der Waals surface area contributed by atoms with E-state index in [0.717, 1.165) is 31.6 Å². The first kappa shape index (κ1) is 16.2. The molecule has 0 aliphatic heterocycles. The second-order valence-corrected chi connectivity index (χ2v) is 6.06. The van der Waals surface area contributed by atoms with Crippen molar-refractivity contribution in [3.8, 4) is 5.75 Å². The summed E-state index contributed by atoms with van der Waals surface area (Å²) in [6, 6.07) is 8.45. The Labute approximate surface area is 137 Å². The van der Waals surface area contributed by atoms with Crippen LogP contribution in [-0.2, 0) is 0 Å². The molecule has 3 nitrogen and oxygen atoms in total. The van der Waals surface area contributed by atoms with Crippen molar-refractivity contribution in [3.05, 3.63) is 62.0 Å². The molecule has 0 fully saturated rings. The van der Waals surface area contributed by atoms with Gasteiger partial charge in [-0.1, -0.05) is 18.2 Å². The lowest BCUT2D eigenvalue weighted by molar-refractivity contribution is 0.400. The van der Waals surface area contributed by atoms with E-state index in [0.29, 0.717) is 0 Å². The van der Waals surface area contributed by atoms with Gasteiger partial charge in [-0.2, -0.15) is 0 Å². The van der Waals surface area contributed by atoms with Gasteiger partial charge in [-0.05, 0) is 65.3 Å². The number of hydrogen-bond acceptors (Lipinski definition) is 3. The first-order valence-electron chi connectivity index (χ1n) is 6.54. The Bertz CT molecular complexity index is 661. The zero-order valence-corrected chi connectivity index (χ0v) is 14.4. The molecule has 3 N–H and O–H groups in total. The lowest BCUT2D eigenvalue weighted by Crippen LogP contribution is -2.30. The van der Waals surface area contributed by atoms with Gasteiger partial charge in [0.15, 0.2) is 0 Å². The predicted octanol–water partition coefficient (Wildman–Crippen LogP) is 3.61. The van der Waals surface area contributed by atoms with Gasteiger partial charge < -0.3 is 4.74 Å². The molecule has 0 amide bonds. The molecule has 0 radical (unpaired) electrons. The smallest absolute Gasteiger partial charge is 0.127 e. The Morgan fingerprint density at radius 2 is 1.86 bits per heavy atom. The molecule has 1 atom stereocenters. The van der Waals surface area contributed by atoms with E-state index in [4.69, 9.17) is 10.6 Å². The summed E-state index contributed by atoms with van der Waals surface area (Å²) in [5, 5.41) is 0. The maximum absolute atomic E-state index is 13.3. The SMILES string of the molecule is COc1c(C(NN)c2ccc(F)cc2I)ccc(C)c1C. The molecular weight excluding hydrogens is 382 g/mol. The molecule has 0 bridgehead atoms.